The molecule has 1 aliphatic rings. The monoisotopic (exact) mass is 335 g/mol. The van der Waals surface area contributed by atoms with Crippen molar-refractivity contribution in [2.45, 2.75) is 19.8 Å². The van der Waals surface area contributed by atoms with E-state index in [9.17, 15) is 4.79 Å². The third-order valence-corrected chi connectivity index (χ3v) is 4.75. The SMILES string of the molecule is CCC1CCN(C(=O)c2csc(I)c2)C1. The van der Waals surface area contributed by atoms with Gasteiger partial charge in [0.1, 0.15) is 0 Å². The molecule has 1 fully saturated rings. The summed E-state index contributed by atoms with van der Waals surface area (Å²) in [6.07, 6.45) is 2.36. The highest BCUT2D eigenvalue weighted by molar-refractivity contribution is 14.1. The molecule has 1 aromatic rings. The van der Waals surface area contributed by atoms with Crippen molar-refractivity contribution < 1.29 is 4.79 Å². The average Bonchev–Trinajstić information content (AvgIpc) is 2.84. The number of halogens is 1. The van der Waals surface area contributed by atoms with Crippen molar-refractivity contribution in [2.75, 3.05) is 13.1 Å². The van der Waals surface area contributed by atoms with Crippen LogP contribution in [0, 0.1) is 8.80 Å². The number of likely N-dealkylation sites (tertiary alicyclic amines) is 1. The van der Waals surface area contributed by atoms with Crippen LogP contribution in [0.5, 0.6) is 0 Å². The zero-order chi connectivity index (χ0) is 10.8. The lowest BCUT2D eigenvalue weighted by atomic mass is 10.1. The molecule has 0 N–H and O–H groups in total. The summed E-state index contributed by atoms with van der Waals surface area (Å²) in [7, 11) is 0. The van der Waals surface area contributed by atoms with Crippen LogP contribution in [0.4, 0.5) is 0 Å². The fourth-order valence-corrected chi connectivity index (χ4v) is 3.28. The zero-order valence-electron chi connectivity index (χ0n) is 8.70. The van der Waals surface area contributed by atoms with Crippen molar-refractivity contribution in [1.82, 2.24) is 4.90 Å². The predicted octanol–water partition coefficient (Wildman–Crippen LogP) is 3.22. The lowest BCUT2D eigenvalue weighted by Crippen LogP contribution is -2.28. The molecule has 0 aromatic carbocycles. The first-order valence-corrected chi connectivity index (χ1v) is 7.20. The summed E-state index contributed by atoms with van der Waals surface area (Å²) in [5.41, 5.74) is 0.862. The van der Waals surface area contributed by atoms with Crippen LogP contribution >= 0.6 is 33.9 Å². The molecule has 82 valence electrons. The third-order valence-electron chi connectivity index (χ3n) is 2.96. The van der Waals surface area contributed by atoms with Gasteiger partial charge in [0.25, 0.3) is 5.91 Å². The average molecular weight is 335 g/mol. The number of thiophene rings is 1. The van der Waals surface area contributed by atoms with Crippen LogP contribution in [0.3, 0.4) is 0 Å². The van der Waals surface area contributed by atoms with Crippen molar-refractivity contribution in [3.8, 4) is 0 Å². The number of hydrogen-bond donors (Lipinski definition) is 0. The van der Waals surface area contributed by atoms with Crippen LogP contribution in [0.15, 0.2) is 11.4 Å². The van der Waals surface area contributed by atoms with E-state index in [0.29, 0.717) is 5.92 Å². The van der Waals surface area contributed by atoms with E-state index >= 15 is 0 Å². The van der Waals surface area contributed by atoms with E-state index in [1.807, 2.05) is 16.3 Å². The van der Waals surface area contributed by atoms with Crippen LogP contribution < -0.4 is 0 Å². The first-order valence-electron chi connectivity index (χ1n) is 5.24. The number of nitrogens with zero attached hydrogens (tertiary/aromatic N) is 1. The lowest BCUT2D eigenvalue weighted by Gasteiger charge is -2.15. The van der Waals surface area contributed by atoms with E-state index in [2.05, 4.69) is 29.5 Å². The van der Waals surface area contributed by atoms with E-state index in [0.717, 1.165) is 18.7 Å². The molecule has 4 heteroatoms. The molecule has 1 aliphatic heterocycles. The Kier molecular flexibility index (Phi) is 3.66. The Hall–Kier alpha value is -0.100. The standard InChI is InChI=1S/C11H14INOS/c1-2-8-3-4-13(6-8)11(14)9-5-10(12)15-7-9/h5,7-8H,2-4,6H2,1H3. The fourth-order valence-electron chi connectivity index (χ4n) is 1.96. The summed E-state index contributed by atoms with van der Waals surface area (Å²) in [4.78, 5) is 14.0. The molecule has 1 saturated heterocycles. The molecule has 0 bridgehead atoms. The summed E-state index contributed by atoms with van der Waals surface area (Å²) in [5.74, 6) is 0.928. The minimum atomic E-state index is 0.213. The Morgan fingerprint density at radius 3 is 3.07 bits per heavy atom. The maximum atomic E-state index is 12.1. The van der Waals surface area contributed by atoms with E-state index < -0.39 is 0 Å². The van der Waals surface area contributed by atoms with Gasteiger partial charge in [0.15, 0.2) is 0 Å². The minimum Gasteiger partial charge on any atom is -0.338 e. The molecule has 2 nitrogen and oxygen atoms in total. The Bertz CT molecular complexity index is 363. The second kappa shape index (κ2) is 4.82. The van der Waals surface area contributed by atoms with Gasteiger partial charge in [-0.2, -0.15) is 0 Å². The molecule has 0 aliphatic carbocycles. The largest absolute Gasteiger partial charge is 0.338 e. The van der Waals surface area contributed by atoms with E-state index in [-0.39, 0.29) is 5.91 Å². The quantitative estimate of drug-likeness (QED) is 0.760. The Morgan fingerprint density at radius 1 is 1.73 bits per heavy atom. The normalized spacial score (nSPS) is 20.9. The molecular weight excluding hydrogens is 321 g/mol. The van der Waals surface area contributed by atoms with Crippen molar-refractivity contribution in [3.63, 3.8) is 0 Å². The number of carbonyl (C=O) groups excluding carboxylic acids is 1. The van der Waals surface area contributed by atoms with Gasteiger partial charge in [-0.05, 0) is 41.0 Å². The molecule has 1 amide bonds. The summed E-state index contributed by atoms with van der Waals surface area (Å²) in [6.45, 7) is 4.08. The first kappa shape index (κ1) is 11.4. The van der Waals surface area contributed by atoms with Crippen molar-refractivity contribution >= 4 is 39.8 Å². The highest BCUT2D eigenvalue weighted by atomic mass is 127. The molecule has 0 saturated carbocycles. The van der Waals surface area contributed by atoms with Gasteiger partial charge in [0, 0.05) is 18.5 Å². The second-order valence-electron chi connectivity index (χ2n) is 3.95. The molecule has 15 heavy (non-hydrogen) atoms. The number of carbonyl (C=O) groups is 1. The van der Waals surface area contributed by atoms with Crippen molar-refractivity contribution in [3.05, 3.63) is 19.9 Å². The van der Waals surface area contributed by atoms with Crippen LogP contribution in [0.25, 0.3) is 0 Å². The Labute approximate surface area is 108 Å². The summed E-state index contributed by atoms with van der Waals surface area (Å²) >= 11 is 3.89. The summed E-state index contributed by atoms with van der Waals surface area (Å²) in [6, 6.07) is 1.98. The topological polar surface area (TPSA) is 20.3 Å². The van der Waals surface area contributed by atoms with E-state index in [4.69, 9.17) is 0 Å². The van der Waals surface area contributed by atoms with Crippen LogP contribution in [0.1, 0.15) is 30.1 Å². The summed E-state index contributed by atoms with van der Waals surface area (Å²) in [5, 5.41) is 1.96. The van der Waals surface area contributed by atoms with Crippen molar-refractivity contribution in [2.24, 2.45) is 5.92 Å². The van der Waals surface area contributed by atoms with Gasteiger partial charge in [-0.25, -0.2) is 0 Å². The third kappa shape index (κ3) is 2.53. The summed E-state index contributed by atoms with van der Waals surface area (Å²) < 4.78 is 1.18. The van der Waals surface area contributed by atoms with Crippen molar-refractivity contribution in [1.29, 1.82) is 0 Å². The number of hydrogen-bond acceptors (Lipinski definition) is 2. The smallest absolute Gasteiger partial charge is 0.254 e. The Morgan fingerprint density at radius 2 is 2.53 bits per heavy atom. The van der Waals surface area contributed by atoms with Gasteiger partial charge in [-0.1, -0.05) is 13.3 Å². The maximum Gasteiger partial charge on any atom is 0.254 e. The minimum absolute atomic E-state index is 0.213. The second-order valence-corrected chi connectivity index (χ2v) is 6.76. The maximum absolute atomic E-state index is 12.1. The van der Waals surface area contributed by atoms with Crippen LogP contribution in [-0.2, 0) is 0 Å². The number of amides is 1. The fraction of sp³-hybridized carbons (Fsp3) is 0.545. The van der Waals surface area contributed by atoms with Gasteiger partial charge in [0.05, 0.1) is 8.45 Å². The van der Waals surface area contributed by atoms with Gasteiger partial charge in [0.2, 0.25) is 0 Å². The molecule has 1 atom stereocenters. The van der Waals surface area contributed by atoms with Crippen LogP contribution in [-0.4, -0.2) is 23.9 Å². The molecule has 1 aromatic heterocycles. The molecule has 2 heterocycles. The molecule has 0 radical (unpaired) electrons. The Balaban J connectivity index is 2.03. The highest BCUT2D eigenvalue weighted by Crippen LogP contribution is 2.23. The van der Waals surface area contributed by atoms with Gasteiger partial charge in [-0.15, -0.1) is 11.3 Å². The first-order chi connectivity index (χ1) is 7.20. The molecule has 0 spiro atoms. The van der Waals surface area contributed by atoms with Gasteiger partial charge < -0.3 is 4.90 Å². The lowest BCUT2D eigenvalue weighted by molar-refractivity contribution is 0.0787. The zero-order valence-corrected chi connectivity index (χ0v) is 11.7. The molecule has 1 unspecified atom stereocenters. The van der Waals surface area contributed by atoms with Gasteiger partial charge in [-0.3, -0.25) is 4.79 Å². The highest BCUT2D eigenvalue weighted by Gasteiger charge is 2.26. The molecule has 2 rings (SSSR count). The number of rotatable bonds is 2. The van der Waals surface area contributed by atoms with Crippen LogP contribution in [0.2, 0.25) is 0 Å². The predicted molar refractivity (Wildman–Crippen MR) is 71.3 cm³/mol. The van der Waals surface area contributed by atoms with E-state index in [1.165, 1.54) is 15.7 Å². The van der Waals surface area contributed by atoms with Gasteiger partial charge >= 0.3 is 0 Å². The molecular formula is C11H14INOS. The van der Waals surface area contributed by atoms with E-state index in [1.54, 1.807) is 11.3 Å².